The molecule has 2 aromatic carbocycles. The van der Waals surface area contributed by atoms with Crippen molar-refractivity contribution in [2.24, 2.45) is 12.0 Å². The highest BCUT2D eigenvalue weighted by atomic mass is 32.2. The van der Waals surface area contributed by atoms with E-state index >= 15 is 0 Å². The van der Waals surface area contributed by atoms with Crippen LogP contribution in [-0.2, 0) is 17.1 Å². The topological polar surface area (TPSA) is 71.7 Å². The Labute approximate surface area is 167 Å². The zero-order valence-corrected chi connectivity index (χ0v) is 17.5. The van der Waals surface area contributed by atoms with Gasteiger partial charge in [0.2, 0.25) is 10.0 Å². The maximum Gasteiger partial charge on any atom is 0.279 e. The van der Waals surface area contributed by atoms with Crippen molar-refractivity contribution in [2.45, 2.75) is 30.7 Å². The van der Waals surface area contributed by atoms with Crippen LogP contribution >= 0.6 is 11.3 Å². The minimum atomic E-state index is -3.52. The molecule has 1 aliphatic carbocycles. The van der Waals surface area contributed by atoms with E-state index in [9.17, 15) is 13.2 Å². The lowest BCUT2D eigenvalue weighted by Crippen LogP contribution is -2.28. The monoisotopic (exact) mass is 415 g/mol. The smallest absolute Gasteiger partial charge is 0.279 e. The maximum atomic E-state index is 12.6. The molecule has 0 unspecified atom stereocenters. The fourth-order valence-corrected chi connectivity index (χ4v) is 5.74. The van der Waals surface area contributed by atoms with Crippen LogP contribution in [0.1, 0.15) is 28.8 Å². The highest BCUT2D eigenvalue weighted by Crippen LogP contribution is 2.30. The van der Waals surface area contributed by atoms with Gasteiger partial charge in [-0.05, 0) is 55.7 Å². The number of benzene rings is 2. The maximum absolute atomic E-state index is 12.6. The SMILES string of the molecule is Cc1cccc2sc(=NC(=O)c3ccc(S(=O)(=O)N(C)C4CC4)cc3)n(C)c12. The van der Waals surface area contributed by atoms with Crippen LogP contribution in [0.25, 0.3) is 10.2 Å². The number of sulfonamides is 1. The highest BCUT2D eigenvalue weighted by molar-refractivity contribution is 7.89. The molecule has 1 fully saturated rings. The van der Waals surface area contributed by atoms with Gasteiger partial charge in [-0.3, -0.25) is 4.79 Å². The van der Waals surface area contributed by atoms with Crippen LogP contribution < -0.4 is 4.80 Å². The Bertz CT molecular complexity index is 1230. The number of aromatic nitrogens is 1. The summed E-state index contributed by atoms with van der Waals surface area (Å²) in [6, 6.07) is 12.1. The summed E-state index contributed by atoms with van der Waals surface area (Å²) in [5, 5.41) is 0. The number of hydrogen-bond donors (Lipinski definition) is 0. The third-order valence-electron chi connectivity index (χ3n) is 5.06. The van der Waals surface area contributed by atoms with E-state index in [4.69, 9.17) is 0 Å². The van der Waals surface area contributed by atoms with E-state index in [-0.39, 0.29) is 16.8 Å². The first kappa shape index (κ1) is 19.0. The third-order valence-corrected chi connectivity index (χ3v) is 8.08. The number of carbonyl (C=O) groups is 1. The number of amides is 1. The molecule has 0 saturated heterocycles. The number of aryl methyl sites for hydroxylation is 2. The lowest BCUT2D eigenvalue weighted by Gasteiger charge is -2.16. The van der Waals surface area contributed by atoms with E-state index < -0.39 is 10.0 Å². The number of para-hydroxylation sites is 1. The number of carbonyl (C=O) groups excluding carboxylic acids is 1. The van der Waals surface area contributed by atoms with Gasteiger partial charge in [-0.2, -0.15) is 9.30 Å². The molecule has 28 heavy (non-hydrogen) atoms. The summed E-state index contributed by atoms with van der Waals surface area (Å²) in [5.41, 5.74) is 2.55. The van der Waals surface area contributed by atoms with Crippen LogP contribution in [0.4, 0.5) is 0 Å². The van der Waals surface area contributed by atoms with Crippen molar-refractivity contribution in [2.75, 3.05) is 7.05 Å². The Kier molecular flexibility index (Phi) is 4.73. The zero-order valence-electron chi connectivity index (χ0n) is 15.9. The molecular formula is C20H21N3O3S2. The molecule has 0 atom stereocenters. The summed E-state index contributed by atoms with van der Waals surface area (Å²) < 4.78 is 29.5. The van der Waals surface area contributed by atoms with E-state index in [1.54, 1.807) is 7.05 Å². The third kappa shape index (κ3) is 3.32. The van der Waals surface area contributed by atoms with E-state index in [1.807, 2.05) is 36.7 Å². The van der Waals surface area contributed by atoms with Crippen molar-refractivity contribution in [3.05, 3.63) is 58.4 Å². The van der Waals surface area contributed by atoms with Crippen molar-refractivity contribution in [1.82, 2.24) is 8.87 Å². The van der Waals surface area contributed by atoms with Crippen molar-refractivity contribution in [1.29, 1.82) is 0 Å². The average Bonchev–Trinajstić information content (AvgIpc) is 3.47. The van der Waals surface area contributed by atoms with Gasteiger partial charge in [-0.15, -0.1) is 0 Å². The molecule has 0 spiro atoms. The van der Waals surface area contributed by atoms with Crippen LogP contribution in [-0.4, -0.2) is 36.3 Å². The Hall–Kier alpha value is -2.29. The lowest BCUT2D eigenvalue weighted by atomic mass is 10.2. The molecule has 8 heteroatoms. The van der Waals surface area contributed by atoms with Gasteiger partial charge in [0, 0.05) is 25.7 Å². The number of rotatable bonds is 4. The normalized spacial score (nSPS) is 15.5. The predicted octanol–water partition coefficient (Wildman–Crippen LogP) is 3.07. The molecule has 1 aliphatic rings. The van der Waals surface area contributed by atoms with Gasteiger partial charge in [-0.25, -0.2) is 8.42 Å². The van der Waals surface area contributed by atoms with Crippen molar-refractivity contribution in [3.63, 3.8) is 0 Å². The van der Waals surface area contributed by atoms with Gasteiger partial charge < -0.3 is 4.57 Å². The fraction of sp³-hybridized carbons (Fsp3) is 0.300. The van der Waals surface area contributed by atoms with Crippen LogP contribution in [0.15, 0.2) is 52.4 Å². The van der Waals surface area contributed by atoms with E-state index in [0.29, 0.717) is 10.4 Å². The zero-order chi connectivity index (χ0) is 20.1. The number of hydrogen-bond acceptors (Lipinski definition) is 4. The molecule has 1 heterocycles. The van der Waals surface area contributed by atoms with Crippen molar-refractivity contribution in [3.8, 4) is 0 Å². The van der Waals surface area contributed by atoms with E-state index in [2.05, 4.69) is 4.99 Å². The Morgan fingerprint density at radius 3 is 2.46 bits per heavy atom. The molecule has 0 aliphatic heterocycles. The Morgan fingerprint density at radius 1 is 1.18 bits per heavy atom. The molecule has 1 saturated carbocycles. The first-order valence-corrected chi connectivity index (χ1v) is 11.3. The van der Waals surface area contributed by atoms with Crippen LogP contribution in [0.2, 0.25) is 0 Å². The van der Waals surface area contributed by atoms with Crippen molar-refractivity contribution >= 4 is 37.5 Å². The molecule has 0 bridgehead atoms. The second-order valence-electron chi connectivity index (χ2n) is 7.06. The molecule has 1 amide bonds. The van der Waals surface area contributed by atoms with Gasteiger partial charge in [0.05, 0.1) is 15.1 Å². The molecule has 4 rings (SSSR count). The molecule has 3 aromatic rings. The quantitative estimate of drug-likeness (QED) is 0.657. The number of thiazole rings is 1. The number of fused-ring (bicyclic) bond motifs is 1. The summed E-state index contributed by atoms with van der Waals surface area (Å²) in [7, 11) is -0.0243. The standard InChI is InChI=1S/C20H21N3O3S2/c1-13-5-4-6-17-18(13)22(2)20(27-17)21-19(24)14-7-11-16(12-8-14)28(25,26)23(3)15-9-10-15/h4-8,11-12,15H,9-10H2,1-3H3. The first-order valence-electron chi connectivity index (χ1n) is 9.01. The van der Waals surface area contributed by atoms with Crippen LogP contribution in [0, 0.1) is 6.92 Å². The van der Waals surface area contributed by atoms with Crippen LogP contribution in [0.3, 0.4) is 0 Å². The van der Waals surface area contributed by atoms with Gasteiger partial charge in [-0.1, -0.05) is 23.5 Å². The van der Waals surface area contributed by atoms with Gasteiger partial charge in [0.25, 0.3) is 5.91 Å². The molecule has 6 nitrogen and oxygen atoms in total. The molecular weight excluding hydrogens is 394 g/mol. The minimum absolute atomic E-state index is 0.0951. The molecule has 146 valence electrons. The number of nitrogens with zero attached hydrogens (tertiary/aromatic N) is 3. The summed E-state index contributed by atoms with van der Waals surface area (Å²) in [6.07, 6.45) is 1.80. The molecule has 0 N–H and O–H groups in total. The van der Waals surface area contributed by atoms with Gasteiger partial charge in [0.1, 0.15) is 0 Å². The average molecular weight is 416 g/mol. The molecule has 1 aromatic heterocycles. The first-order chi connectivity index (χ1) is 13.3. The minimum Gasteiger partial charge on any atom is -0.319 e. The van der Waals surface area contributed by atoms with Crippen LogP contribution in [0.5, 0.6) is 0 Å². The van der Waals surface area contributed by atoms with E-state index in [1.165, 1.54) is 39.9 Å². The van der Waals surface area contributed by atoms with E-state index in [0.717, 1.165) is 28.6 Å². The Morgan fingerprint density at radius 2 is 1.86 bits per heavy atom. The summed E-state index contributed by atoms with van der Waals surface area (Å²) in [6.45, 7) is 2.03. The van der Waals surface area contributed by atoms with Crippen molar-refractivity contribution < 1.29 is 13.2 Å². The fourth-order valence-electron chi connectivity index (χ4n) is 3.23. The lowest BCUT2D eigenvalue weighted by molar-refractivity contribution is 0.0998. The molecule has 0 radical (unpaired) electrons. The Balaban J connectivity index is 1.65. The largest absolute Gasteiger partial charge is 0.319 e. The summed E-state index contributed by atoms with van der Waals surface area (Å²) in [4.78, 5) is 17.7. The van der Waals surface area contributed by atoms with Gasteiger partial charge >= 0.3 is 0 Å². The highest BCUT2D eigenvalue weighted by Gasteiger charge is 2.34. The second kappa shape index (κ2) is 6.95. The predicted molar refractivity (Wildman–Crippen MR) is 110 cm³/mol. The summed E-state index contributed by atoms with van der Waals surface area (Å²) >= 11 is 1.46. The summed E-state index contributed by atoms with van der Waals surface area (Å²) in [5.74, 6) is -0.390. The van der Waals surface area contributed by atoms with Gasteiger partial charge in [0.15, 0.2) is 4.80 Å². The second-order valence-corrected chi connectivity index (χ2v) is 10.1.